The smallest absolute Gasteiger partial charge is 0.259 e. The Balaban J connectivity index is 2.30. The molecule has 1 atom stereocenters. The third kappa shape index (κ3) is 2.86. The molecule has 2 rings (SSSR count). The first-order valence-corrected chi connectivity index (χ1v) is 7.23. The Labute approximate surface area is 130 Å². The number of aryl methyl sites for hydroxylation is 2. The zero-order valence-electron chi connectivity index (χ0n) is 13.3. The van der Waals surface area contributed by atoms with E-state index in [0.29, 0.717) is 29.1 Å². The second kappa shape index (κ2) is 6.44. The van der Waals surface area contributed by atoms with Gasteiger partial charge in [-0.15, -0.1) is 0 Å². The molecule has 0 spiro atoms. The molecule has 0 aliphatic heterocycles. The summed E-state index contributed by atoms with van der Waals surface area (Å²) in [6.07, 6.45) is 0. The summed E-state index contributed by atoms with van der Waals surface area (Å²) in [6.45, 7) is 8.00. The van der Waals surface area contributed by atoms with E-state index in [1.807, 2.05) is 26.0 Å². The lowest BCUT2D eigenvalue weighted by Gasteiger charge is -2.28. The van der Waals surface area contributed by atoms with Crippen LogP contribution in [0.3, 0.4) is 0 Å². The van der Waals surface area contributed by atoms with Gasteiger partial charge in [0.15, 0.2) is 0 Å². The van der Waals surface area contributed by atoms with Crippen molar-refractivity contribution in [1.29, 1.82) is 5.26 Å². The number of aromatic nitrogens is 1. The zero-order chi connectivity index (χ0) is 16.3. The topological polar surface area (TPSA) is 70.1 Å². The predicted molar refractivity (Wildman–Crippen MR) is 82.3 cm³/mol. The molecular formula is C17H19N3O2. The van der Waals surface area contributed by atoms with Crippen LogP contribution in [0.4, 0.5) is 0 Å². The SMILES string of the molecule is CCN(C(=O)c1c(C)noc1C)C(C)c1ccc(C#N)cc1. The average molecular weight is 297 g/mol. The van der Waals surface area contributed by atoms with Crippen molar-refractivity contribution in [2.45, 2.75) is 33.7 Å². The van der Waals surface area contributed by atoms with Crippen molar-refractivity contribution in [3.63, 3.8) is 0 Å². The summed E-state index contributed by atoms with van der Waals surface area (Å²) in [6, 6.07) is 9.29. The van der Waals surface area contributed by atoms with E-state index in [-0.39, 0.29) is 11.9 Å². The molecule has 1 aromatic carbocycles. The Hall–Kier alpha value is -2.61. The van der Waals surface area contributed by atoms with Crippen LogP contribution in [0.1, 0.15) is 52.8 Å². The third-order valence-electron chi connectivity index (χ3n) is 3.84. The number of hydrogen-bond acceptors (Lipinski definition) is 4. The summed E-state index contributed by atoms with van der Waals surface area (Å²) in [4.78, 5) is 14.6. The van der Waals surface area contributed by atoms with Crippen LogP contribution < -0.4 is 0 Å². The Morgan fingerprint density at radius 2 is 2.00 bits per heavy atom. The van der Waals surface area contributed by atoms with E-state index in [0.717, 1.165) is 5.56 Å². The molecule has 5 nitrogen and oxygen atoms in total. The Morgan fingerprint density at radius 3 is 2.45 bits per heavy atom. The highest BCUT2D eigenvalue weighted by molar-refractivity contribution is 5.96. The first-order chi connectivity index (χ1) is 10.5. The molecule has 0 radical (unpaired) electrons. The van der Waals surface area contributed by atoms with Crippen LogP contribution in [0, 0.1) is 25.2 Å². The van der Waals surface area contributed by atoms with Gasteiger partial charge >= 0.3 is 0 Å². The normalized spacial score (nSPS) is 11.8. The molecule has 2 aromatic rings. The highest BCUT2D eigenvalue weighted by atomic mass is 16.5. The van der Waals surface area contributed by atoms with Gasteiger partial charge in [-0.1, -0.05) is 17.3 Å². The number of carbonyl (C=O) groups is 1. The zero-order valence-corrected chi connectivity index (χ0v) is 13.3. The fraction of sp³-hybridized carbons (Fsp3) is 0.353. The van der Waals surface area contributed by atoms with Crippen molar-refractivity contribution in [2.75, 3.05) is 6.54 Å². The number of carbonyl (C=O) groups excluding carboxylic acids is 1. The van der Waals surface area contributed by atoms with Gasteiger partial charge in [-0.3, -0.25) is 4.79 Å². The van der Waals surface area contributed by atoms with E-state index in [9.17, 15) is 4.79 Å². The van der Waals surface area contributed by atoms with Crippen molar-refractivity contribution < 1.29 is 9.32 Å². The molecule has 0 fully saturated rings. The molecule has 0 saturated carbocycles. The van der Waals surface area contributed by atoms with Gasteiger partial charge < -0.3 is 9.42 Å². The maximum absolute atomic E-state index is 12.8. The molecule has 114 valence electrons. The minimum Gasteiger partial charge on any atom is -0.361 e. The van der Waals surface area contributed by atoms with Crippen LogP contribution in [0.5, 0.6) is 0 Å². The summed E-state index contributed by atoms with van der Waals surface area (Å²) in [7, 11) is 0. The highest BCUT2D eigenvalue weighted by Crippen LogP contribution is 2.24. The molecule has 0 bridgehead atoms. The number of benzene rings is 1. The van der Waals surface area contributed by atoms with Crippen LogP contribution in [-0.2, 0) is 0 Å². The molecule has 0 saturated heterocycles. The molecule has 0 N–H and O–H groups in total. The van der Waals surface area contributed by atoms with Gasteiger partial charge in [0, 0.05) is 6.54 Å². The van der Waals surface area contributed by atoms with Crippen LogP contribution in [-0.4, -0.2) is 22.5 Å². The second-order valence-corrected chi connectivity index (χ2v) is 5.20. The first kappa shape index (κ1) is 15.8. The van der Waals surface area contributed by atoms with E-state index >= 15 is 0 Å². The molecule has 1 aromatic heterocycles. The lowest BCUT2D eigenvalue weighted by atomic mass is 10.0. The summed E-state index contributed by atoms with van der Waals surface area (Å²) < 4.78 is 5.09. The molecule has 5 heteroatoms. The number of rotatable bonds is 4. The van der Waals surface area contributed by atoms with E-state index in [1.54, 1.807) is 30.9 Å². The van der Waals surface area contributed by atoms with Gasteiger partial charge in [0.2, 0.25) is 0 Å². The van der Waals surface area contributed by atoms with Crippen molar-refractivity contribution >= 4 is 5.91 Å². The number of hydrogen-bond donors (Lipinski definition) is 0. The molecule has 0 aliphatic carbocycles. The Kier molecular flexibility index (Phi) is 4.62. The molecule has 1 unspecified atom stereocenters. The minimum absolute atomic E-state index is 0.0874. The van der Waals surface area contributed by atoms with E-state index in [1.165, 1.54) is 0 Å². The van der Waals surface area contributed by atoms with Crippen LogP contribution >= 0.6 is 0 Å². The van der Waals surface area contributed by atoms with E-state index < -0.39 is 0 Å². The minimum atomic E-state index is -0.0982. The number of nitriles is 1. The van der Waals surface area contributed by atoms with Gasteiger partial charge in [-0.05, 0) is 45.4 Å². The quantitative estimate of drug-likeness (QED) is 0.867. The molecular weight excluding hydrogens is 278 g/mol. The van der Waals surface area contributed by atoms with Gasteiger partial charge in [-0.25, -0.2) is 0 Å². The fourth-order valence-electron chi connectivity index (χ4n) is 2.54. The standard InChI is InChI=1S/C17H19N3O2/c1-5-20(17(21)16-11(2)19-22-13(16)4)12(3)15-8-6-14(10-18)7-9-15/h6-9,12H,5H2,1-4H3. The second-order valence-electron chi connectivity index (χ2n) is 5.20. The molecule has 0 aliphatic rings. The van der Waals surface area contributed by atoms with Gasteiger partial charge in [0.05, 0.1) is 23.4 Å². The first-order valence-electron chi connectivity index (χ1n) is 7.23. The summed E-state index contributed by atoms with van der Waals surface area (Å²) >= 11 is 0. The summed E-state index contributed by atoms with van der Waals surface area (Å²) in [5, 5.41) is 12.7. The lowest BCUT2D eigenvalue weighted by Crippen LogP contribution is -2.34. The summed E-state index contributed by atoms with van der Waals surface area (Å²) in [5.74, 6) is 0.448. The average Bonchev–Trinajstić information content (AvgIpc) is 2.86. The van der Waals surface area contributed by atoms with Gasteiger partial charge in [-0.2, -0.15) is 5.26 Å². The van der Waals surface area contributed by atoms with Crippen LogP contribution in [0.15, 0.2) is 28.8 Å². The Bertz CT molecular complexity index is 691. The number of nitrogens with zero attached hydrogens (tertiary/aromatic N) is 3. The van der Waals surface area contributed by atoms with Crippen molar-refractivity contribution in [2.24, 2.45) is 0 Å². The van der Waals surface area contributed by atoms with Crippen molar-refractivity contribution in [1.82, 2.24) is 10.1 Å². The van der Waals surface area contributed by atoms with Crippen molar-refractivity contribution in [3.8, 4) is 6.07 Å². The van der Waals surface area contributed by atoms with Crippen molar-refractivity contribution in [3.05, 3.63) is 52.4 Å². The molecule has 1 amide bonds. The van der Waals surface area contributed by atoms with E-state index in [4.69, 9.17) is 9.78 Å². The largest absolute Gasteiger partial charge is 0.361 e. The Morgan fingerprint density at radius 1 is 1.36 bits per heavy atom. The number of amides is 1. The van der Waals surface area contributed by atoms with Gasteiger partial charge in [0.1, 0.15) is 11.3 Å². The molecule has 1 heterocycles. The lowest BCUT2D eigenvalue weighted by molar-refractivity contribution is 0.0700. The monoisotopic (exact) mass is 297 g/mol. The third-order valence-corrected chi connectivity index (χ3v) is 3.84. The highest BCUT2D eigenvalue weighted by Gasteiger charge is 2.26. The van der Waals surface area contributed by atoms with Crippen LogP contribution in [0.25, 0.3) is 0 Å². The molecule has 22 heavy (non-hydrogen) atoms. The summed E-state index contributed by atoms with van der Waals surface area (Å²) in [5.41, 5.74) is 2.73. The van der Waals surface area contributed by atoms with Crippen LogP contribution in [0.2, 0.25) is 0 Å². The maximum Gasteiger partial charge on any atom is 0.259 e. The van der Waals surface area contributed by atoms with Gasteiger partial charge in [0.25, 0.3) is 5.91 Å². The fourth-order valence-corrected chi connectivity index (χ4v) is 2.54. The predicted octanol–water partition coefficient (Wildman–Crippen LogP) is 3.39. The van der Waals surface area contributed by atoms with E-state index in [2.05, 4.69) is 11.2 Å². The maximum atomic E-state index is 12.8.